The fourth-order valence-corrected chi connectivity index (χ4v) is 4.69. The largest absolute Gasteiger partial charge is 0.352 e. The summed E-state index contributed by atoms with van der Waals surface area (Å²) in [6.07, 6.45) is 8.74. The summed E-state index contributed by atoms with van der Waals surface area (Å²) in [7, 11) is -3.51. The van der Waals surface area contributed by atoms with E-state index in [1.54, 1.807) is 6.92 Å². The Labute approximate surface area is 144 Å². The molecule has 2 aliphatic rings. The number of rotatable bonds is 6. The zero-order chi connectivity index (χ0) is 17.8. The summed E-state index contributed by atoms with van der Waals surface area (Å²) < 4.78 is 25.9. The van der Waals surface area contributed by atoms with Gasteiger partial charge in [0.2, 0.25) is 21.8 Å². The molecule has 7 nitrogen and oxygen atoms in total. The molecule has 0 aromatic rings. The summed E-state index contributed by atoms with van der Waals surface area (Å²) >= 11 is 0. The highest BCUT2D eigenvalue weighted by atomic mass is 32.2. The summed E-state index contributed by atoms with van der Waals surface area (Å²) in [5, 5.41) is 5.66. The number of carbonyl (C=O) groups excluding carboxylic acids is 2. The number of hydrogen-bond donors (Lipinski definition) is 3. The highest BCUT2D eigenvalue weighted by Crippen LogP contribution is 2.29. The maximum Gasteiger partial charge on any atom is 0.242 e. The highest BCUT2D eigenvalue weighted by Gasteiger charge is 2.42. The molecule has 2 aliphatic carbocycles. The van der Waals surface area contributed by atoms with E-state index in [1.165, 1.54) is 0 Å². The molecule has 2 amide bonds. The number of hydrogen-bond acceptors (Lipinski definition) is 4. The van der Waals surface area contributed by atoms with Gasteiger partial charge in [0.05, 0.1) is 6.26 Å². The lowest BCUT2D eigenvalue weighted by molar-refractivity contribution is -0.133. The van der Waals surface area contributed by atoms with Crippen molar-refractivity contribution in [2.75, 3.05) is 6.26 Å². The van der Waals surface area contributed by atoms with Crippen LogP contribution in [0.4, 0.5) is 0 Å². The Morgan fingerprint density at radius 3 is 2.17 bits per heavy atom. The van der Waals surface area contributed by atoms with Crippen LogP contribution in [0.3, 0.4) is 0 Å². The Bertz CT molecular complexity index is 564. The van der Waals surface area contributed by atoms with Gasteiger partial charge in [0.1, 0.15) is 11.6 Å². The minimum Gasteiger partial charge on any atom is -0.352 e. The Morgan fingerprint density at radius 2 is 1.62 bits per heavy atom. The molecule has 0 spiro atoms. The van der Waals surface area contributed by atoms with Gasteiger partial charge in [-0.3, -0.25) is 9.59 Å². The van der Waals surface area contributed by atoms with Crippen molar-refractivity contribution in [3.63, 3.8) is 0 Å². The van der Waals surface area contributed by atoms with Crippen molar-refractivity contribution in [1.29, 1.82) is 0 Å². The van der Waals surface area contributed by atoms with E-state index in [2.05, 4.69) is 15.4 Å². The molecule has 138 valence electrons. The van der Waals surface area contributed by atoms with Crippen LogP contribution in [-0.4, -0.2) is 44.1 Å². The fraction of sp³-hybridized carbons (Fsp3) is 0.875. The quantitative estimate of drug-likeness (QED) is 0.652. The Hall–Kier alpha value is -1.15. The van der Waals surface area contributed by atoms with E-state index >= 15 is 0 Å². The van der Waals surface area contributed by atoms with Crippen LogP contribution in [0.15, 0.2) is 0 Å². The lowest BCUT2D eigenvalue weighted by atomic mass is 9.81. The second-order valence-corrected chi connectivity index (χ2v) is 8.95. The first-order valence-electron chi connectivity index (χ1n) is 8.82. The molecule has 24 heavy (non-hydrogen) atoms. The summed E-state index contributed by atoms with van der Waals surface area (Å²) in [5.41, 5.74) is -1.13. The second-order valence-electron chi connectivity index (χ2n) is 7.20. The lowest BCUT2D eigenvalue weighted by Crippen LogP contribution is -2.62. The third-order valence-corrected chi connectivity index (χ3v) is 5.73. The van der Waals surface area contributed by atoms with E-state index in [0.717, 1.165) is 51.2 Å². The predicted octanol–water partition coefficient (Wildman–Crippen LogP) is 0.802. The van der Waals surface area contributed by atoms with Gasteiger partial charge in [-0.05, 0) is 32.6 Å². The van der Waals surface area contributed by atoms with Crippen LogP contribution in [0.5, 0.6) is 0 Å². The predicted molar refractivity (Wildman–Crippen MR) is 91.8 cm³/mol. The molecule has 0 saturated heterocycles. The van der Waals surface area contributed by atoms with Crippen molar-refractivity contribution < 1.29 is 18.0 Å². The zero-order valence-corrected chi connectivity index (χ0v) is 15.4. The van der Waals surface area contributed by atoms with E-state index in [-0.39, 0.29) is 11.9 Å². The molecule has 2 rings (SSSR count). The van der Waals surface area contributed by atoms with E-state index < -0.39 is 27.5 Å². The number of amides is 2. The van der Waals surface area contributed by atoms with Crippen molar-refractivity contribution in [2.45, 2.75) is 82.3 Å². The molecular weight excluding hydrogens is 330 g/mol. The molecule has 0 radical (unpaired) electrons. The number of sulfonamides is 1. The maximum atomic E-state index is 12.7. The normalized spacial score (nSPS) is 22.8. The average Bonchev–Trinajstić information content (AvgIpc) is 2.99. The zero-order valence-electron chi connectivity index (χ0n) is 14.6. The van der Waals surface area contributed by atoms with Crippen LogP contribution in [0.1, 0.15) is 64.7 Å². The molecule has 0 unspecified atom stereocenters. The van der Waals surface area contributed by atoms with Crippen molar-refractivity contribution in [3.8, 4) is 0 Å². The van der Waals surface area contributed by atoms with Crippen molar-refractivity contribution >= 4 is 21.8 Å². The van der Waals surface area contributed by atoms with E-state index in [9.17, 15) is 18.0 Å². The van der Waals surface area contributed by atoms with Crippen LogP contribution in [0, 0.1) is 0 Å². The van der Waals surface area contributed by atoms with Gasteiger partial charge >= 0.3 is 0 Å². The van der Waals surface area contributed by atoms with Crippen LogP contribution in [0.2, 0.25) is 0 Å². The van der Waals surface area contributed by atoms with Crippen LogP contribution in [-0.2, 0) is 19.6 Å². The lowest BCUT2D eigenvalue weighted by Gasteiger charge is -2.36. The molecule has 2 fully saturated rings. The van der Waals surface area contributed by atoms with Crippen LogP contribution in [0.25, 0.3) is 0 Å². The van der Waals surface area contributed by atoms with Crippen LogP contribution >= 0.6 is 0 Å². The summed E-state index contributed by atoms with van der Waals surface area (Å²) in [4.78, 5) is 25.0. The Kier molecular flexibility index (Phi) is 6.25. The van der Waals surface area contributed by atoms with Crippen molar-refractivity contribution in [1.82, 2.24) is 15.4 Å². The van der Waals surface area contributed by atoms with Gasteiger partial charge in [-0.1, -0.05) is 32.1 Å². The molecule has 0 bridgehead atoms. The van der Waals surface area contributed by atoms with Gasteiger partial charge in [0, 0.05) is 6.04 Å². The van der Waals surface area contributed by atoms with Gasteiger partial charge in [-0.15, -0.1) is 0 Å². The van der Waals surface area contributed by atoms with E-state index in [1.807, 2.05) is 0 Å². The minimum atomic E-state index is -3.51. The minimum absolute atomic E-state index is 0.189. The van der Waals surface area contributed by atoms with E-state index in [0.29, 0.717) is 12.8 Å². The van der Waals surface area contributed by atoms with Crippen molar-refractivity contribution in [3.05, 3.63) is 0 Å². The smallest absolute Gasteiger partial charge is 0.242 e. The third-order valence-electron chi connectivity index (χ3n) is 4.96. The van der Waals surface area contributed by atoms with Gasteiger partial charge in [0.15, 0.2) is 0 Å². The molecule has 0 aliphatic heterocycles. The third kappa shape index (κ3) is 5.17. The molecule has 8 heteroatoms. The van der Waals surface area contributed by atoms with Gasteiger partial charge in [-0.2, -0.15) is 4.72 Å². The standard InChI is InChI=1S/C16H29N3O4S/c1-12(14(20)18-13-8-4-5-9-13)17-15(21)16(19-24(2,22)23)10-6-3-7-11-16/h12-13,19H,3-11H2,1-2H3,(H,17,21)(H,18,20)/t12-/m0/s1. The molecule has 0 aromatic heterocycles. The second kappa shape index (κ2) is 7.82. The fourth-order valence-electron chi connectivity index (χ4n) is 3.68. The molecule has 1 atom stereocenters. The van der Waals surface area contributed by atoms with Crippen molar-refractivity contribution in [2.24, 2.45) is 0 Å². The Balaban J connectivity index is 1.99. The first-order chi connectivity index (χ1) is 11.2. The SMILES string of the molecule is C[C@H](NC(=O)C1(NS(C)(=O)=O)CCCCC1)C(=O)NC1CCCC1. The summed E-state index contributed by atoms with van der Waals surface area (Å²) in [6.45, 7) is 1.64. The monoisotopic (exact) mass is 359 g/mol. The van der Waals surface area contributed by atoms with Crippen LogP contribution < -0.4 is 15.4 Å². The van der Waals surface area contributed by atoms with Gasteiger partial charge < -0.3 is 10.6 Å². The maximum absolute atomic E-state index is 12.7. The molecule has 2 saturated carbocycles. The molecular formula is C16H29N3O4S. The van der Waals surface area contributed by atoms with Gasteiger partial charge in [-0.25, -0.2) is 8.42 Å². The first-order valence-corrected chi connectivity index (χ1v) is 10.7. The highest BCUT2D eigenvalue weighted by molar-refractivity contribution is 7.88. The van der Waals surface area contributed by atoms with Gasteiger partial charge in [0.25, 0.3) is 0 Å². The number of carbonyl (C=O) groups is 2. The summed E-state index contributed by atoms with van der Waals surface area (Å²) in [5.74, 6) is -0.609. The Morgan fingerprint density at radius 1 is 1.04 bits per heavy atom. The topological polar surface area (TPSA) is 104 Å². The summed E-state index contributed by atoms with van der Waals surface area (Å²) in [6, 6.07) is -0.493. The molecule has 0 aromatic carbocycles. The average molecular weight is 359 g/mol. The molecule has 0 heterocycles. The first kappa shape index (κ1) is 19.2. The number of nitrogens with one attached hydrogen (secondary N) is 3. The molecule has 3 N–H and O–H groups in total. The van der Waals surface area contributed by atoms with E-state index in [4.69, 9.17) is 0 Å².